The summed E-state index contributed by atoms with van der Waals surface area (Å²) in [6.07, 6.45) is 0.771. The second-order valence-corrected chi connectivity index (χ2v) is 6.75. The van der Waals surface area contributed by atoms with Crippen LogP contribution in [0.25, 0.3) is 11.0 Å². The topological polar surface area (TPSA) is 62.9 Å². The Morgan fingerprint density at radius 2 is 2.09 bits per heavy atom. The first-order valence-electron chi connectivity index (χ1n) is 7.95. The summed E-state index contributed by atoms with van der Waals surface area (Å²) in [5.41, 5.74) is 2.86. The molecule has 3 rings (SSSR count). The molecule has 1 N–H and O–H groups in total. The van der Waals surface area contributed by atoms with E-state index in [2.05, 4.69) is 11.0 Å². The zero-order valence-corrected chi connectivity index (χ0v) is 14.1. The Morgan fingerprint density at radius 1 is 1.35 bits per heavy atom. The van der Waals surface area contributed by atoms with Crippen molar-refractivity contribution in [3.63, 3.8) is 0 Å². The average Bonchev–Trinajstić information content (AvgIpc) is 2.54. The lowest BCUT2D eigenvalue weighted by atomic mass is 9.97. The van der Waals surface area contributed by atoms with Gasteiger partial charge in [0.25, 0.3) is 0 Å². The van der Waals surface area contributed by atoms with Crippen LogP contribution in [0.2, 0.25) is 0 Å². The molecule has 0 amide bonds. The van der Waals surface area contributed by atoms with Crippen molar-refractivity contribution in [2.45, 2.75) is 46.2 Å². The van der Waals surface area contributed by atoms with Gasteiger partial charge in [0.05, 0.1) is 6.61 Å². The van der Waals surface area contributed by atoms with Crippen molar-refractivity contribution in [1.29, 1.82) is 0 Å². The molecule has 1 aliphatic heterocycles. The molecule has 0 spiro atoms. The molecule has 0 atom stereocenters. The fourth-order valence-electron chi connectivity index (χ4n) is 3.06. The van der Waals surface area contributed by atoms with Crippen LogP contribution in [-0.4, -0.2) is 28.9 Å². The predicted molar refractivity (Wildman–Crippen MR) is 88.8 cm³/mol. The van der Waals surface area contributed by atoms with Crippen LogP contribution in [0.3, 0.4) is 0 Å². The lowest BCUT2D eigenvalue weighted by Crippen LogP contribution is -2.49. The zero-order valence-electron chi connectivity index (χ0n) is 14.1. The largest absolute Gasteiger partial charge is 0.477 e. The second kappa shape index (κ2) is 5.65. The highest BCUT2D eigenvalue weighted by Crippen LogP contribution is 2.37. The minimum Gasteiger partial charge on any atom is -0.477 e. The third-order valence-corrected chi connectivity index (χ3v) is 4.73. The summed E-state index contributed by atoms with van der Waals surface area (Å²) in [4.78, 5) is 13.9. The second-order valence-electron chi connectivity index (χ2n) is 6.75. The smallest absolute Gasteiger partial charge is 0.336 e. The first-order chi connectivity index (χ1) is 10.9. The molecule has 0 bridgehead atoms. The van der Waals surface area contributed by atoms with Crippen molar-refractivity contribution < 1.29 is 14.3 Å². The third kappa shape index (κ3) is 2.64. The SMILES string of the molecule is CCc1cc(=O)oc2c(C)c3c(cc12)CN(C(C)(C)CO)CO3. The van der Waals surface area contributed by atoms with Crippen LogP contribution < -0.4 is 10.4 Å². The van der Waals surface area contributed by atoms with Gasteiger partial charge >= 0.3 is 5.63 Å². The van der Waals surface area contributed by atoms with E-state index in [1.54, 1.807) is 6.07 Å². The summed E-state index contributed by atoms with van der Waals surface area (Å²) < 4.78 is 11.4. The lowest BCUT2D eigenvalue weighted by Gasteiger charge is -2.40. The Labute approximate surface area is 135 Å². The van der Waals surface area contributed by atoms with E-state index in [0.29, 0.717) is 18.9 Å². The van der Waals surface area contributed by atoms with Crippen LogP contribution in [0.15, 0.2) is 21.3 Å². The molecule has 0 saturated carbocycles. The van der Waals surface area contributed by atoms with Crippen LogP contribution in [0.1, 0.15) is 37.5 Å². The van der Waals surface area contributed by atoms with E-state index >= 15 is 0 Å². The van der Waals surface area contributed by atoms with Crippen molar-refractivity contribution in [1.82, 2.24) is 4.90 Å². The molecule has 23 heavy (non-hydrogen) atoms. The van der Waals surface area contributed by atoms with Gasteiger partial charge in [-0.3, -0.25) is 4.90 Å². The van der Waals surface area contributed by atoms with E-state index in [-0.39, 0.29) is 17.8 Å². The molecule has 0 radical (unpaired) electrons. The first-order valence-corrected chi connectivity index (χ1v) is 7.95. The molecule has 0 unspecified atom stereocenters. The molecular formula is C18H23NO4. The van der Waals surface area contributed by atoms with Gasteiger partial charge in [-0.1, -0.05) is 6.92 Å². The summed E-state index contributed by atoms with van der Waals surface area (Å²) in [7, 11) is 0. The molecule has 0 aliphatic carbocycles. The van der Waals surface area contributed by atoms with Crippen molar-refractivity contribution in [2.24, 2.45) is 0 Å². The Morgan fingerprint density at radius 3 is 2.74 bits per heavy atom. The summed E-state index contributed by atoms with van der Waals surface area (Å²) in [6, 6.07) is 3.62. The van der Waals surface area contributed by atoms with Crippen LogP contribution in [-0.2, 0) is 13.0 Å². The molecule has 5 heteroatoms. The molecule has 5 nitrogen and oxygen atoms in total. The number of hydrogen-bond acceptors (Lipinski definition) is 5. The summed E-state index contributed by atoms with van der Waals surface area (Å²) in [5.74, 6) is 0.791. The Balaban J connectivity index is 2.16. The van der Waals surface area contributed by atoms with Crippen LogP contribution in [0.4, 0.5) is 0 Å². The Bertz CT molecular complexity index is 807. The number of hydrogen-bond donors (Lipinski definition) is 1. The van der Waals surface area contributed by atoms with E-state index in [1.165, 1.54) is 0 Å². The summed E-state index contributed by atoms with van der Waals surface area (Å²) >= 11 is 0. The van der Waals surface area contributed by atoms with E-state index in [4.69, 9.17) is 9.15 Å². The number of ether oxygens (including phenoxy) is 1. The number of aliphatic hydroxyl groups is 1. The standard InChI is InChI=1S/C18H23NO4/c1-5-12-7-15(21)23-17-11(2)16-13(6-14(12)17)8-19(10-22-16)18(3,4)9-20/h6-7,20H,5,8-10H2,1-4H3. The normalized spacial score (nSPS) is 15.5. The summed E-state index contributed by atoms with van der Waals surface area (Å²) in [5, 5.41) is 10.6. The minimum atomic E-state index is -0.350. The fourth-order valence-corrected chi connectivity index (χ4v) is 3.06. The van der Waals surface area contributed by atoms with Gasteiger partial charge in [0.15, 0.2) is 0 Å². The van der Waals surface area contributed by atoms with E-state index in [9.17, 15) is 9.90 Å². The third-order valence-electron chi connectivity index (χ3n) is 4.73. The molecular weight excluding hydrogens is 294 g/mol. The number of benzene rings is 1. The highest BCUT2D eigenvalue weighted by Gasteiger charge is 2.31. The van der Waals surface area contributed by atoms with Gasteiger partial charge in [-0.2, -0.15) is 0 Å². The highest BCUT2D eigenvalue weighted by atomic mass is 16.5. The molecule has 1 aromatic carbocycles. The average molecular weight is 317 g/mol. The van der Waals surface area contributed by atoms with Crippen molar-refractivity contribution in [3.8, 4) is 5.75 Å². The van der Waals surface area contributed by atoms with Crippen molar-refractivity contribution in [2.75, 3.05) is 13.3 Å². The van der Waals surface area contributed by atoms with Gasteiger partial charge < -0.3 is 14.3 Å². The van der Waals surface area contributed by atoms with Gasteiger partial charge in [0.1, 0.15) is 18.1 Å². The van der Waals surface area contributed by atoms with Crippen molar-refractivity contribution in [3.05, 3.63) is 39.2 Å². The number of rotatable bonds is 3. The maximum absolute atomic E-state index is 11.8. The number of fused-ring (bicyclic) bond motifs is 2. The van der Waals surface area contributed by atoms with Crippen LogP contribution >= 0.6 is 0 Å². The highest BCUT2D eigenvalue weighted by molar-refractivity contribution is 5.86. The minimum absolute atomic E-state index is 0.0628. The van der Waals surface area contributed by atoms with E-state index in [1.807, 2.05) is 27.7 Å². The van der Waals surface area contributed by atoms with Gasteiger partial charge in [-0.05, 0) is 38.8 Å². The van der Waals surface area contributed by atoms with E-state index < -0.39 is 0 Å². The number of aryl methyl sites for hydroxylation is 2. The summed E-state index contributed by atoms with van der Waals surface area (Å²) in [6.45, 7) is 9.11. The molecule has 0 saturated heterocycles. The molecule has 2 aromatic rings. The quantitative estimate of drug-likeness (QED) is 0.882. The maximum Gasteiger partial charge on any atom is 0.336 e. The first kappa shape index (κ1) is 16.0. The van der Waals surface area contributed by atoms with Crippen molar-refractivity contribution >= 4 is 11.0 Å². The Kier molecular flexibility index (Phi) is 3.94. The molecule has 124 valence electrons. The van der Waals surface area contributed by atoms with Gasteiger partial charge in [-0.25, -0.2) is 4.79 Å². The fraction of sp³-hybridized carbons (Fsp3) is 0.500. The van der Waals surface area contributed by atoms with Crippen LogP contribution in [0.5, 0.6) is 5.75 Å². The predicted octanol–water partition coefficient (Wildman–Crippen LogP) is 2.59. The Hall–Kier alpha value is -1.85. The number of nitrogens with zero attached hydrogens (tertiary/aromatic N) is 1. The lowest BCUT2D eigenvalue weighted by molar-refractivity contribution is -0.0169. The van der Waals surface area contributed by atoms with E-state index in [0.717, 1.165) is 34.2 Å². The van der Waals surface area contributed by atoms with Gasteiger partial charge in [0.2, 0.25) is 0 Å². The van der Waals surface area contributed by atoms with Gasteiger partial charge in [-0.15, -0.1) is 0 Å². The molecule has 0 fully saturated rings. The van der Waals surface area contributed by atoms with Crippen LogP contribution in [0, 0.1) is 6.92 Å². The molecule has 2 heterocycles. The zero-order chi connectivity index (χ0) is 16.8. The maximum atomic E-state index is 11.8. The molecule has 1 aliphatic rings. The molecule has 1 aromatic heterocycles. The van der Waals surface area contributed by atoms with Gasteiger partial charge in [0, 0.05) is 34.7 Å². The number of aliphatic hydroxyl groups excluding tert-OH is 1. The monoisotopic (exact) mass is 317 g/mol.